The fourth-order valence-corrected chi connectivity index (χ4v) is 8.35. The van der Waals surface area contributed by atoms with Crippen molar-refractivity contribution in [1.29, 1.82) is 0 Å². The molecule has 6 rings (SSSR count). The van der Waals surface area contributed by atoms with Gasteiger partial charge >= 0.3 is 0 Å². The Bertz CT molecular complexity index is 1930. The van der Waals surface area contributed by atoms with Gasteiger partial charge in [0.25, 0.3) is 0 Å². The second kappa shape index (κ2) is 14.1. The highest BCUT2D eigenvalue weighted by Crippen LogP contribution is 2.34. The number of amides is 2. The Kier molecular flexibility index (Phi) is 9.99. The highest BCUT2D eigenvalue weighted by molar-refractivity contribution is 7.89. The lowest BCUT2D eigenvalue weighted by Crippen LogP contribution is -2.46. The molecule has 2 aliphatic heterocycles. The van der Waals surface area contributed by atoms with Gasteiger partial charge in [0.05, 0.1) is 60.5 Å². The molecule has 2 aromatic heterocycles. The molecule has 4 aromatic rings. The summed E-state index contributed by atoms with van der Waals surface area (Å²) in [6.45, 7) is 4.18. The number of imidazole rings is 2. The van der Waals surface area contributed by atoms with E-state index in [4.69, 9.17) is 0 Å². The quantitative estimate of drug-likeness (QED) is 0.181. The lowest BCUT2D eigenvalue weighted by Gasteiger charge is -2.26. The molecule has 0 bridgehead atoms. The molecule has 2 saturated heterocycles. The van der Waals surface area contributed by atoms with Gasteiger partial charge in [-0.2, -0.15) is 0 Å². The summed E-state index contributed by atoms with van der Waals surface area (Å²) in [4.78, 5) is 45.3. The Morgan fingerprint density at radius 1 is 0.660 bits per heavy atom. The zero-order valence-corrected chi connectivity index (χ0v) is 30.0. The predicted octanol–water partition coefficient (Wildman–Crippen LogP) is 3.34. The van der Waals surface area contributed by atoms with Crippen molar-refractivity contribution in [2.75, 3.05) is 25.6 Å². The molecule has 16 heteroatoms. The maximum Gasteiger partial charge on any atom is 0.241 e. The summed E-state index contributed by atoms with van der Waals surface area (Å²) in [5.74, 6) is 0.791. The second-order valence-corrected chi connectivity index (χ2v) is 16.7. The Balaban J connectivity index is 1.10. The third kappa shape index (κ3) is 7.98. The fraction of sp³-hybridized carbons (Fsp3) is 0.412. The number of carbonyl (C=O) groups excluding carboxylic acids is 2. The molecule has 0 saturated carbocycles. The number of likely N-dealkylation sites (tertiary alicyclic amines) is 2. The smallest absolute Gasteiger partial charge is 0.241 e. The highest BCUT2D eigenvalue weighted by Gasteiger charge is 2.36. The van der Waals surface area contributed by atoms with Gasteiger partial charge in [-0.3, -0.25) is 9.59 Å². The number of benzene rings is 2. The summed E-state index contributed by atoms with van der Waals surface area (Å²) < 4.78 is 51.3. The van der Waals surface area contributed by atoms with Crippen LogP contribution >= 0.6 is 0 Å². The minimum absolute atomic E-state index is 0.253. The zero-order valence-electron chi connectivity index (χ0n) is 28.4. The highest BCUT2D eigenvalue weighted by atomic mass is 32.2. The number of hydrogen-bond acceptors (Lipinski definition) is 8. The molecule has 14 nitrogen and oxygen atoms in total. The number of hydrogen-bond donors (Lipinski definition) is 4. The van der Waals surface area contributed by atoms with Crippen LogP contribution in [0, 0.1) is 0 Å². The molecule has 50 heavy (non-hydrogen) atoms. The first kappa shape index (κ1) is 35.4. The first-order chi connectivity index (χ1) is 23.7. The number of carbonyl (C=O) groups is 2. The van der Waals surface area contributed by atoms with E-state index in [1.54, 1.807) is 36.0 Å². The molecule has 2 aliphatic rings. The summed E-state index contributed by atoms with van der Waals surface area (Å²) in [7, 11) is -7.03. The van der Waals surface area contributed by atoms with Gasteiger partial charge in [-0.05, 0) is 61.8 Å². The van der Waals surface area contributed by atoms with E-state index in [-0.39, 0.29) is 23.9 Å². The summed E-state index contributed by atoms with van der Waals surface area (Å²) in [5, 5.41) is 0. The van der Waals surface area contributed by atoms with Crippen LogP contribution in [0.25, 0.3) is 33.6 Å². The van der Waals surface area contributed by atoms with E-state index in [2.05, 4.69) is 29.4 Å². The van der Waals surface area contributed by atoms with Crippen LogP contribution in [-0.4, -0.2) is 96.1 Å². The molecular formula is C34H42N8O6S2. The van der Waals surface area contributed by atoms with Crippen molar-refractivity contribution in [1.82, 2.24) is 39.2 Å². The standard InChI is InChI=1S/C34H42N8O6S2/c1-21(39-49(3,45)46)33(43)41-17-5-7-29(41)31-35-19-27(37-31)25-13-9-23(10-14-25)24-11-15-26(16-12-24)28-20-36-32(38-28)30-8-6-18-42(30)34(44)22(2)40-50(4,47)48/h9-16,19-22,29-30,39-40H,5-8,17-18H2,1-4H3,(H,35,37)(H,36,38)/t21-,22-,29-,30?/m0/s1. The van der Waals surface area contributed by atoms with E-state index in [1.165, 1.54) is 0 Å². The number of nitrogens with one attached hydrogen (secondary N) is 4. The Labute approximate surface area is 292 Å². The van der Waals surface area contributed by atoms with Gasteiger partial charge in [0.1, 0.15) is 11.6 Å². The first-order valence-corrected chi connectivity index (χ1v) is 20.3. The molecule has 2 fully saturated rings. The maximum atomic E-state index is 13.0. The van der Waals surface area contributed by atoms with Crippen LogP contribution in [0.4, 0.5) is 0 Å². The predicted molar refractivity (Wildman–Crippen MR) is 189 cm³/mol. The van der Waals surface area contributed by atoms with Gasteiger partial charge in [-0.15, -0.1) is 0 Å². The van der Waals surface area contributed by atoms with E-state index >= 15 is 0 Å². The van der Waals surface area contributed by atoms with Crippen LogP contribution in [0.3, 0.4) is 0 Å². The minimum atomic E-state index is -3.51. The molecule has 4 N–H and O–H groups in total. The summed E-state index contributed by atoms with van der Waals surface area (Å²) in [6.07, 6.45) is 8.68. The van der Waals surface area contributed by atoms with Gasteiger partial charge < -0.3 is 19.8 Å². The molecule has 2 amide bonds. The maximum absolute atomic E-state index is 13.0. The molecule has 4 atom stereocenters. The Hall–Kier alpha value is -4.38. The summed E-state index contributed by atoms with van der Waals surface area (Å²) >= 11 is 0. The first-order valence-electron chi connectivity index (χ1n) is 16.5. The van der Waals surface area contributed by atoms with Gasteiger partial charge in [-0.25, -0.2) is 36.2 Å². The van der Waals surface area contributed by atoms with E-state index in [0.717, 1.165) is 71.8 Å². The van der Waals surface area contributed by atoms with Crippen molar-refractivity contribution in [3.63, 3.8) is 0 Å². The van der Waals surface area contributed by atoms with Gasteiger partial charge in [0.2, 0.25) is 31.9 Å². The van der Waals surface area contributed by atoms with Crippen LogP contribution in [0.5, 0.6) is 0 Å². The van der Waals surface area contributed by atoms with Crippen molar-refractivity contribution < 1.29 is 26.4 Å². The van der Waals surface area contributed by atoms with Crippen LogP contribution in [0.2, 0.25) is 0 Å². The van der Waals surface area contributed by atoms with E-state index in [1.807, 2.05) is 48.5 Å². The molecule has 4 heterocycles. The lowest BCUT2D eigenvalue weighted by atomic mass is 10.0. The normalized spacial score (nSPS) is 19.5. The van der Waals surface area contributed by atoms with Crippen molar-refractivity contribution >= 4 is 31.9 Å². The third-order valence-electron chi connectivity index (χ3n) is 9.14. The molecule has 2 aromatic carbocycles. The largest absolute Gasteiger partial charge is 0.340 e. The molecule has 0 spiro atoms. The fourth-order valence-electron chi connectivity index (χ4n) is 6.86. The Morgan fingerprint density at radius 2 is 1.00 bits per heavy atom. The van der Waals surface area contributed by atoms with Gasteiger partial charge in [0.15, 0.2) is 0 Å². The number of nitrogens with zero attached hydrogens (tertiary/aromatic N) is 4. The number of aromatic amines is 2. The van der Waals surface area contributed by atoms with E-state index in [0.29, 0.717) is 24.7 Å². The van der Waals surface area contributed by atoms with Gasteiger partial charge in [-0.1, -0.05) is 48.5 Å². The zero-order chi connectivity index (χ0) is 35.8. The van der Waals surface area contributed by atoms with E-state index in [9.17, 15) is 26.4 Å². The van der Waals surface area contributed by atoms with Crippen LogP contribution in [-0.2, 0) is 29.6 Å². The van der Waals surface area contributed by atoms with Crippen molar-refractivity contribution in [2.24, 2.45) is 0 Å². The topological polar surface area (TPSA) is 190 Å². The lowest BCUT2D eigenvalue weighted by molar-refractivity contribution is -0.134. The van der Waals surface area contributed by atoms with Crippen molar-refractivity contribution in [3.05, 3.63) is 72.6 Å². The number of rotatable bonds is 11. The molecule has 1 unspecified atom stereocenters. The molecule has 266 valence electrons. The monoisotopic (exact) mass is 722 g/mol. The average Bonchev–Trinajstić information content (AvgIpc) is 3.88. The number of sulfonamides is 2. The SMILES string of the molecule is C[C@H](NS(C)(=O)=O)C(=O)N1CCCC1c1ncc(-c2ccc(-c3ccc(-c4cnc([C@@H]5CCCN5C(=O)[C@H](C)NS(C)(=O)=O)[nH]4)cc3)cc2)[nH]1. The second-order valence-electron chi connectivity index (χ2n) is 13.1. The number of H-pyrrole nitrogens is 2. The summed E-state index contributed by atoms with van der Waals surface area (Å²) in [5.41, 5.74) is 5.59. The van der Waals surface area contributed by atoms with Crippen molar-refractivity contribution in [3.8, 4) is 33.6 Å². The molecule has 0 radical (unpaired) electrons. The Morgan fingerprint density at radius 3 is 1.34 bits per heavy atom. The van der Waals surface area contributed by atoms with E-state index < -0.39 is 32.1 Å². The average molecular weight is 723 g/mol. The molecule has 0 aliphatic carbocycles. The molecular weight excluding hydrogens is 681 g/mol. The van der Waals surface area contributed by atoms with Crippen LogP contribution in [0.15, 0.2) is 60.9 Å². The number of aromatic nitrogens is 4. The van der Waals surface area contributed by atoms with Crippen LogP contribution < -0.4 is 9.44 Å². The third-order valence-corrected chi connectivity index (χ3v) is 10.7. The summed E-state index contributed by atoms with van der Waals surface area (Å²) in [6, 6.07) is 14.0. The minimum Gasteiger partial charge on any atom is -0.340 e. The van der Waals surface area contributed by atoms with Crippen LogP contribution in [0.1, 0.15) is 63.3 Å². The van der Waals surface area contributed by atoms with Gasteiger partial charge in [0, 0.05) is 13.1 Å². The van der Waals surface area contributed by atoms with Crippen molar-refractivity contribution in [2.45, 2.75) is 63.7 Å².